The van der Waals surface area contributed by atoms with E-state index in [0.717, 1.165) is 16.5 Å². The molecule has 1 aromatic heterocycles. The molecule has 4 nitrogen and oxygen atoms in total. The fraction of sp³-hybridized carbons (Fsp3) is 0.263. The molecule has 0 fully saturated rings. The van der Waals surface area contributed by atoms with Gasteiger partial charge in [0, 0.05) is 17.1 Å². The highest BCUT2D eigenvalue weighted by Crippen LogP contribution is 2.34. The maximum Gasteiger partial charge on any atom is 0.248 e. The van der Waals surface area contributed by atoms with Crippen LogP contribution in [0, 0.1) is 0 Å². The van der Waals surface area contributed by atoms with Gasteiger partial charge in [-0.1, -0.05) is 48.6 Å². The molecule has 5 heteroatoms. The Hall–Kier alpha value is -2.11. The van der Waals surface area contributed by atoms with Crippen LogP contribution in [0.4, 0.5) is 0 Å². The minimum Gasteiger partial charge on any atom is -0.392 e. The van der Waals surface area contributed by atoms with Crippen LogP contribution in [-0.2, 0) is 10.0 Å². The standard InChI is InChI=1S/C19H21NO3S/c1-15(10-13-21)17-14-20(18-9-5-4-8-16(17)18)24(22,23)19(2)11-6-3-7-12-19/h3-11,14,21H,12-13H2,1-2H3/b15-10+. The van der Waals surface area contributed by atoms with Crippen LogP contribution in [0.2, 0.25) is 0 Å². The Balaban J connectivity index is 2.26. The van der Waals surface area contributed by atoms with Crippen LogP contribution < -0.4 is 0 Å². The monoisotopic (exact) mass is 343 g/mol. The molecule has 1 heterocycles. The molecule has 0 spiro atoms. The SMILES string of the molecule is C/C(=C\CO)c1cn(S(=O)(=O)C2(C)C=CC=CC2)c2ccccc12. The summed E-state index contributed by atoms with van der Waals surface area (Å²) in [5.41, 5.74) is 2.33. The molecule has 0 amide bonds. The zero-order valence-electron chi connectivity index (χ0n) is 13.8. The second-order valence-corrected chi connectivity index (χ2v) is 8.51. The summed E-state index contributed by atoms with van der Waals surface area (Å²) in [5.74, 6) is 0. The fourth-order valence-electron chi connectivity index (χ4n) is 3.03. The van der Waals surface area contributed by atoms with Crippen molar-refractivity contribution in [3.63, 3.8) is 0 Å². The molecule has 1 aromatic carbocycles. The maximum atomic E-state index is 13.3. The molecule has 1 N–H and O–H groups in total. The van der Waals surface area contributed by atoms with Gasteiger partial charge in [0.15, 0.2) is 0 Å². The Kier molecular flexibility index (Phi) is 4.24. The Morgan fingerprint density at radius 1 is 1.33 bits per heavy atom. The molecule has 0 bridgehead atoms. The van der Waals surface area contributed by atoms with Gasteiger partial charge in [-0.2, -0.15) is 0 Å². The highest BCUT2D eigenvalue weighted by atomic mass is 32.2. The zero-order chi connectivity index (χ0) is 17.4. The number of aliphatic hydroxyl groups excluding tert-OH is 1. The highest BCUT2D eigenvalue weighted by Gasteiger charge is 2.38. The van der Waals surface area contributed by atoms with Crippen molar-refractivity contribution in [2.75, 3.05) is 6.61 Å². The van der Waals surface area contributed by atoms with Crippen LogP contribution in [0.25, 0.3) is 16.5 Å². The van der Waals surface area contributed by atoms with E-state index in [-0.39, 0.29) is 6.61 Å². The number of hydrogen-bond acceptors (Lipinski definition) is 3. The van der Waals surface area contributed by atoms with Gasteiger partial charge in [-0.15, -0.1) is 0 Å². The first kappa shape index (κ1) is 16.7. The van der Waals surface area contributed by atoms with Crippen molar-refractivity contribution >= 4 is 26.5 Å². The molecule has 0 aliphatic heterocycles. The van der Waals surface area contributed by atoms with Gasteiger partial charge in [-0.25, -0.2) is 12.4 Å². The first-order chi connectivity index (χ1) is 11.4. The van der Waals surface area contributed by atoms with E-state index in [0.29, 0.717) is 11.9 Å². The van der Waals surface area contributed by atoms with E-state index in [1.54, 1.807) is 31.3 Å². The van der Waals surface area contributed by atoms with Crippen molar-refractivity contribution in [1.82, 2.24) is 3.97 Å². The number of para-hydroxylation sites is 1. The summed E-state index contributed by atoms with van der Waals surface area (Å²) in [6, 6.07) is 7.45. The second kappa shape index (κ2) is 6.07. The van der Waals surface area contributed by atoms with Crippen LogP contribution in [0.3, 0.4) is 0 Å². The number of rotatable bonds is 4. The van der Waals surface area contributed by atoms with Crippen molar-refractivity contribution in [2.45, 2.75) is 25.0 Å². The Morgan fingerprint density at radius 3 is 2.75 bits per heavy atom. The molecule has 24 heavy (non-hydrogen) atoms. The lowest BCUT2D eigenvalue weighted by atomic mass is 10.0. The lowest BCUT2D eigenvalue weighted by molar-refractivity contribution is 0.343. The van der Waals surface area contributed by atoms with Crippen molar-refractivity contribution in [2.24, 2.45) is 0 Å². The molecule has 1 aliphatic rings. The Morgan fingerprint density at radius 2 is 2.08 bits per heavy atom. The number of aliphatic hydroxyl groups is 1. The van der Waals surface area contributed by atoms with Gasteiger partial charge < -0.3 is 5.11 Å². The van der Waals surface area contributed by atoms with Gasteiger partial charge >= 0.3 is 0 Å². The normalized spacial score (nSPS) is 21.5. The van der Waals surface area contributed by atoms with E-state index < -0.39 is 14.8 Å². The van der Waals surface area contributed by atoms with Crippen LogP contribution >= 0.6 is 0 Å². The van der Waals surface area contributed by atoms with Crippen molar-refractivity contribution in [3.05, 3.63) is 66.4 Å². The van der Waals surface area contributed by atoms with Gasteiger partial charge in [0.05, 0.1) is 12.1 Å². The van der Waals surface area contributed by atoms with Gasteiger partial charge in [0.1, 0.15) is 4.75 Å². The van der Waals surface area contributed by atoms with Gasteiger partial charge in [-0.3, -0.25) is 0 Å². The van der Waals surface area contributed by atoms with E-state index in [4.69, 9.17) is 5.11 Å². The summed E-state index contributed by atoms with van der Waals surface area (Å²) in [7, 11) is -3.63. The third-order valence-corrected chi connectivity index (χ3v) is 6.87. The quantitative estimate of drug-likeness (QED) is 0.924. The van der Waals surface area contributed by atoms with Crippen LogP contribution in [0.1, 0.15) is 25.8 Å². The van der Waals surface area contributed by atoms with E-state index in [9.17, 15) is 8.42 Å². The molecule has 1 atom stereocenters. The minimum atomic E-state index is -3.63. The molecule has 3 rings (SSSR count). The topological polar surface area (TPSA) is 59.3 Å². The Bertz CT molecular complexity index is 964. The van der Waals surface area contributed by atoms with Crippen molar-refractivity contribution in [3.8, 4) is 0 Å². The molecule has 0 saturated carbocycles. The van der Waals surface area contributed by atoms with E-state index in [1.807, 2.05) is 43.3 Å². The predicted octanol–water partition coefficient (Wildman–Crippen LogP) is 3.49. The number of fused-ring (bicyclic) bond motifs is 1. The van der Waals surface area contributed by atoms with Gasteiger partial charge in [-0.05, 0) is 31.9 Å². The minimum absolute atomic E-state index is 0.0800. The third kappa shape index (κ3) is 2.54. The number of benzene rings is 1. The summed E-state index contributed by atoms with van der Waals surface area (Å²) in [6.45, 7) is 3.54. The maximum absolute atomic E-state index is 13.3. The summed E-state index contributed by atoms with van der Waals surface area (Å²) in [4.78, 5) is 0. The molecule has 0 saturated heterocycles. The van der Waals surface area contributed by atoms with E-state index in [1.165, 1.54) is 3.97 Å². The number of allylic oxidation sites excluding steroid dienone is 4. The van der Waals surface area contributed by atoms with Crippen LogP contribution in [0.15, 0.2) is 60.8 Å². The van der Waals surface area contributed by atoms with E-state index in [2.05, 4.69) is 0 Å². The first-order valence-electron chi connectivity index (χ1n) is 7.88. The summed E-state index contributed by atoms with van der Waals surface area (Å²) in [6.07, 6.45) is 11.1. The van der Waals surface area contributed by atoms with Crippen molar-refractivity contribution < 1.29 is 13.5 Å². The zero-order valence-corrected chi connectivity index (χ0v) is 14.6. The van der Waals surface area contributed by atoms with Crippen LogP contribution in [-0.4, -0.2) is 28.9 Å². The first-order valence-corrected chi connectivity index (χ1v) is 9.32. The molecule has 126 valence electrons. The summed E-state index contributed by atoms with van der Waals surface area (Å²) in [5, 5.41) is 10.0. The smallest absolute Gasteiger partial charge is 0.248 e. The summed E-state index contributed by atoms with van der Waals surface area (Å²) < 4.78 is 27.1. The Labute approximate surface area is 142 Å². The second-order valence-electron chi connectivity index (χ2n) is 6.23. The lowest BCUT2D eigenvalue weighted by Crippen LogP contribution is -2.37. The fourth-order valence-corrected chi connectivity index (χ4v) is 4.70. The molecule has 0 radical (unpaired) electrons. The largest absolute Gasteiger partial charge is 0.392 e. The van der Waals surface area contributed by atoms with Crippen LogP contribution in [0.5, 0.6) is 0 Å². The molecule has 2 aromatic rings. The molecular weight excluding hydrogens is 322 g/mol. The molecule has 1 unspecified atom stereocenters. The number of nitrogens with zero attached hydrogens (tertiary/aromatic N) is 1. The average molecular weight is 343 g/mol. The van der Waals surface area contributed by atoms with Crippen molar-refractivity contribution in [1.29, 1.82) is 0 Å². The summed E-state index contributed by atoms with van der Waals surface area (Å²) >= 11 is 0. The number of aromatic nitrogens is 1. The third-order valence-electron chi connectivity index (χ3n) is 4.57. The number of hydrogen-bond donors (Lipinski definition) is 1. The molecular formula is C19H21NO3S. The van der Waals surface area contributed by atoms with Gasteiger partial charge in [0.2, 0.25) is 10.0 Å². The lowest BCUT2D eigenvalue weighted by Gasteiger charge is -2.27. The van der Waals surface area contributed by atoms with Gasteiger partial charge in [0.25, 0.3) is 0 Å². The van der Waals surface area contributed by atoms with E-state index >= 15 is 0 Å². The average Bonchev–Trinajstić information content (AvgIpc) is 2.96. The predicted molar refractivity (Wildman–Crippen MR) is 98.3 cm³/mol. The molecule has 1 aliphatic carbocycles. The highest BCUT2D eigenvalue weighted by molar-refractivity contribution is 7.91.